The zero-order valence-electron chi connectivity index (χ0n) is 15.7. The highest BCUT2D eigenvalue weighted by Gasteiger charge is 2.05. The van der Waals surface area contributed by atoms with Gasteiger partial charge in [-0.3, -0.25) is 10.8 Å². The predicted octanol–water partition coefficient (Wildman–Crippen LogP) is 3.12. The van der Waals surface area contributed by atoms with Crippen molar-refractivity contribution in [3.8, 4) is 17.2 Å². The van der Waals surface area contributed by atoms with Crippen LogP contribution < -0.4 is 20.9 Å². The lowest BCUT2D eigenvalue weighted by atomic mass is 10.1. The van der Waals surface area contributed by atoms with E-state index in [2.05, 4.69) is 0 Å². The topological polar surface area (TPSA) is 138 Å². The Hall–Kier alpha value is -4.00. The molecular formula is C22H22N4O3. The van der Waals surface area contributed by atoms with Crippen molar-refractivity contribution in [3.63, 3.8) is 0 Å². The molecule has 0 aliphatic rings. The van der Waals surface area contributed by atoms with Crippen molar-refractivity contribution < 1.29 is 14.6 Å². The van der Waals surface area contributed by atoms with E-state index in [1.165, 1.54) is 0 Å². The summed E-state index contributed by atoms with van der Waals surface area (Å²) in [5.41, 5.74) is 13.7. The first-order chi connectivity index (χ1) is 13.9. The maximum atomic E-state index is 10.00. The van der Waals surface area contributed by atoms with Gasteiger partial charge in [-0.15, -0.1) is 0 Å². The van der Waals surface area contributed by atoms with Crippen LogP contribution in [0.1, 0.15) is 22.3 Å². The van der Waals surface area contributed by atoms with Crippen molar-refractivity contribution >= 4 is 11.7 Å². The molecule has 0 heterocycles. The second-order valence-corrected chi connectivity index (χ2v) is 6.46. The molecule has 0 atom stereocenters. The summed E-state index contributed by atoms with van der Waals surface area (Å²) >= 11 is 0. The molecule has 3 rings (SSSR count). The fourth-order valence-corrected chi connectivity index (χ4v) is 2.70. The highest BCUT2D eigenvalue weighted by molar-refractivity contribution is 5.95. The lowest BCUT2D eigenvalue weighted by Gasteiger charge is -2.11. The fourth-order valence-electron chi connectivity index (χ4n) is 2.70. The Kier molecular flexibility index (Phi) is 5.99. The third kappa shape index (κ3) is 5.49. The Balaban J connectivity index is 1.61. The quantitative estimate of drug-likeness (QED) is 0.297. The molecule has 0 spiro atoms. The summed E-state index contributed by atoms with van der Waals surface area (Å²) in [4.78, 5) is 0. The molecule has 0 amide bonds. The molecule has 0 aliphatic carbocycles. The number of phenolic OH excluding ortho intramolecular Hbond substituents is 1. The minimum Gasteiger partial charge on any atom is -0.508 e. The van der Waals surface area contributed by atoms with Gasteiger partial charge in [-0.05, 0) is 77.9 Å². The smallest absolute Gasteiger partial charge is 0.122 e. The molecule has 0 saturated heterocycles. The number of phenols is 1. The number of nitrogens with two attached hydrogens (primary N) is 2. The highest BCUT2D eigenvalue weighted by atomic mass is 16.5. The zero-order valence-corrected chi connectivity index (χ0v) is 15.7. The third-order valence-corrected chi connectivity index (χ3v) is 4.18. The first kappa shape index (κ1) is 19.8. The molecule has 0 aromatic heterocycles. The van der Waals surface area contributed by atoms with Crippen LogP contribution in [0.25, 0.3) is 0 Å². The SMILES string of the molecule is N=C(N)c1ccc(OCc2cc(O)cc(COc3ccc(C(=N)N)cc3)c2)cc1. The van der Waals surface area contributed by atoms with Crippen molar-refractivity contribution in [2.45, 2.75) is 13.2 Å². The van der Waals surface area contributed by atoms with Crippen LogP contribution in [0.5, 0.6) is 17.2 Å². The van der Waals surface area contributed by atoms with Crippen molar-refractivity contribution in [3.05, 3.63) is 89.0 Å². The number of rotatable bonds is 8. The van der Waals surface area contributed by atoms with Crippen molar-refractivity contribution in [2.24, 2.45) is 11.5 Å². The molecule has 7 nitrogen and oxygen atoms in total. The van der Waals surface area contributed by atoms with E-state index in [4.69, 9.17) is 31.8 Å². The Morgan fingerprint density at radius 3 is 1.41 bits per heavy atom. The van der Waals surface area contributed by atoms with E-state index in [9.17, 15) is 5.11 Å². The van der Waals surface area contributed by atoms with Crippen LogP contribution in [0.4, 0.5) is 0 Å². The van der Waals surface area contributed by atoms with E-state index in [1.54, 1.807) is 60.7 Å². The molecule has 0 radical (unpaired) electrons. The first-order valence-corrected chi connectivity index (χ1v) is 8.87. The number of benzene rings is 3. The lowest BCUT2D eigenvalue weighted by Crippen LogP contribution is -2.10. The summed E-state index contributed by atoms with van der Waals surface area (Å²) in [6.07, 6.45) is 0. The second kappa shape index (κ2) is 8.79. The van der Waals surface area contributed by atoms with Crippen molar-refractivity contribution in [1.82, 2.24) is 0 Å². The van der Waals surface area contributed by atoms with Gasteiger partial charge in [-0.2, -0.15) is 0 Å². The number of hydrogen-bond donors (Lipinski definition) is 5. The molecular weight excluding hydrogens is 368 g/mol. The summed E-state index contributed by atoms with van der Waals surface area (Å²) in [5, 5.41) is 24.8. The van der Waals surface area contributed by atoms with Gasteiger partial charge in [0.1, 0.15) is 42.1 Å². The molecule has 0 bridgehead atoms. The van der Waals surface area contributed by atoms with Gasteiger partial charge in [0.2, 0.25) is 0 Å². The van der Waals surface area contributed by atoms with Crippen molar-refractivity contribution in [2.75, 3.05) is 0 Å². The van der Waals surface area contributed by atoms with Gasteiger partial charge in [-0.1, -0.05) is 0 Å². The first-order valence-electron chi connectivity index (χ1n) is 8.87. The number of nitrogen functional groups attached to an aromatic ring is 2. The number of aromatic hydroxyl groups is 1. The van der Waals surface area contributed by atoms with E-state index in [1.807, 2.05) is 6.07 Å². The van der Waals surface area contributed by atoms with E-state index >= 15 is 0 Å². The Labute approximate surface area is 168 Å². The molecule has 7 N–H and O–H groups in total. The van der Waals surface area contributed by atoms with Crippen LogP contribution in [-0.2, 0) is 13.2 Å². The second-order valence-electron chi connectivity index (χ2n) is 6.46. The van der Waals surface area contributed by atoms with Crippen LogP contribution in [-0.4, -0.2) is 16.8 Å². The normalized spacial score (nSPS) is 10.3. The van der Waals surface area contributed by atoms with Gasteiger partial charge >= 0.3 is 0 Å². The number of amidine groups is 2. The Bertz CT molecular complexity index is 935. The minimum atomic E-state index is 0.00473. The number of hydrogen-bond acceptors (Lipinski definition) is 5. The molecule has 148 valence electrons. The standard InChI is InChI=1S/C22H22N4O3/c23-21(24)16-1-5-19(6-2-16)28-12-14-9-15(11-18(27)10-14)13-29-20-7-3-17(4-8-20)22(25)26/h1-11,27H,12-13H2,(H3,23,24)(H3,25,26). The van der Waals surface area contributed by atoms with Crippen LogP contribution in [0, 0.1) is 10.8 Å². The van der Waals surface area contributed by atoms with E-state index in [0.29, 0.717) is 22.6 Å². The zero-order chi connectivity index (χ0) is 20.8. The summed E-state index contributed by atoms with van der Waals surface area (Å²) in [6.45, 7) is 0.544. The number of nitrogens with one attached hydrogen (secondary N) is 2. The highest BCUT2D eigenvalue weighted by Crippen LogP contribution is 2.21. The summed E-state index contributed by atoms with van der Waals surface area (Å²) in [7, 11) is 0. The van der Waals surface area contributed by atoms with Gasteiger partial charge in [-0.25, -0.2) is 0 Å². The van der Waals surface area contributed by atoms with Gasteiger partial charge in [0.25, 0.3) is 0 Å². The monoisotopic (exact) mass is 390 g/mol. The van der Waals surface area contributed by atoms with E-state index in [-0.39, 0.29) is 30.6 Å². The molecule has 29 heavy (non-hydrogen) atoms. The maximum Gasteiger partial charge on any atom is 0.122 e. The average Bonchev–Trinajstić information content (AvgIpc) is 2.71. The Morgan fingerprint density at radius 1 is 0.690 bits per heavy atom. The molecule has 3 aromatic carbocycles. The maximum absolute atomic E-state index is 10.00. The molecule has 0 unspecified atom stereocenters. The van der Waals surface area contributed by atoms with Gasteiger partial charge < -0.3 is 26.0 Å². The summed E-state index contributed by atoms with van der Waals surface area (Å²) < 4.78 is 11.5. The largest absolute Gasteiger partial charge is 0.508 e. The predicted molar refractivity (Wildman–Crippen MR) is 112 cm³/mol. The average molecular weight is 390 g/mol. The summed E-state index contributed by atoms with van der Waals surface area (Å²) in [6, 6.07) is 19.0. The van der Waals surface area contributed by atoms with Crippen LogP contribution in [0.3, 0.4) is 0 Å². The molecule has 0 fully saturated rings. The van der Waals surface area contributed by atoms with E-state index < -0.39 is 0 Å². The Morgan fingerprint density at radius 2 is 1.07 bits per heavy atom. The molecule has 0 aliphatic heterocycles. The number of ether oxygens (including phenoxy) is 2. The van der Waals surface area contributed by atoms with Crippen molar-refractivity contribution in [1.29, 1.82) is 10.8 Å². The van der Waals surface area contributed by atoms with Gasteiger partial charge in [0, 0.05) is 11.1 Å². The molecule has 3 aromatic rings. The molecule has 7 heteroatoms. The lowest BCUT2D eigenvalue weighted by molar-refractivity contribution is 0.298. The van der Waals surface area contributed by atoms with Gasteiger partial charge in [0.15, 0.2) is 0 Å². The van der Waals surface area contributed by atoms with Crippen LogP contribution in [0.2, 0.25) is 0 Å². The van der Waals surface area contributed by atoms with Crippen LogP contribution in [0.15, 0.2) is 66.7 Å². The minimum absolute atomic E-state index is 0.00473. The molecule has 0 saturated carbocycles. The van der Waals surface area contributed by atoms with Gasteiger partial charge in [0.05, 0.1) is 0 Å². The fraction of sp³-hybridized carbons (Fsp3) is 0.0909. The van der Waals surface area contributed by atoms with E-state index in [0.717, 1.165) is 11.1 Å². The van der Waals surface area contributed by atoms with Crippen LogP contribution >= 0.6 is 0 Å². The third-order valence-electron chi connectivity index (χ3n) is 4.18. The summed E-state index contributed by atoms with van der Waals surface area (Å²) in [5.74, 6) is 1.42.